The number of para-hydroxylation sites is 1. The molecule has 1 unspecified atom stereocenters. The number of nitrogens with one attached hydrogen (secondary N) is 1. The zero-order chi connectivity index (χ0) is 17.9. The Kier molecular flexibility index (Phi) is 4.92. The predicted octanol–water partition coefficient (Wildman–Crippen LogP) is 3.92. The molecule has 1 amide bonds. The van der Waals surface area contributed by atoms with Gasteiger partial charge in [-0.1, -0.05) is 54.9 Å². The number of hydrogen-bond donors (Lipinski definition) is 1. The largest absolute Gasteiger partial charge is 0.299 e. The van der Waals surface area contributed by atoms with Gasteiger partial charge in [-0.3, -0.25) is 10.1 Å². The lowest BCUT2D eigenvalue weighted by Gasteiger charge is -2.18. The third-order valence-electron chi connectivity index (χ3n) is 4.99. The van der Waals surface area contributed by atoms with Gasteiger partial charge in [-0.2, -0.15) is 0 Å². The Balaban J connectivity index is 1.50. The van der Waals surface area contributed by atoms with Gasteiger partial charge in [-0.25, -0.2) is 4.68 Å². The number of nitrogens with zero attached hydrogens (tertiary/aromatic N) is 5. The Labute approximate surface area is 155 Å². The summed E-state index contributed by atoms with van der Waals surface area (Å²) in [6, 6.07) is 7.23. The number of aromatic nitrogens is 5. The number of hydrogen-bond acceptors (Lipinski definition) is 6. The van der Waals surface area contributed by atoms with Gasteiger partial charge in [0.2, 0.25) is 5.13 Å². The molecule has 1 N–H and O–H groups in total. The van der Waals surface area contributed by atoms with Crippen molar-refractivity contribution in [2.75, 3.05) is 5.32 Å². The molecular weight excluding hydrogens is 348 g/mol. The average Bonchev–Trinajstić information content (AvgIpc) is 3.31. The van der Waals surface area contributed by atoms with Crippen LogP contribution in [0.2, 0.25) is 0 Å². The zero-order valence-corrected chi connectivity index (χ0v) is 15.6. The van der Waals surface area contributed by atoms with E-state index in [9.17, 15) is 4.79 Å². The van der Waals surface area contributed by atoms with Gasteiger partial charge in [0.1, 0.15) is 16.6 Å². The maximum Gasteiger partial charge on any atom is 0.251 e. The van der Waals surface area contributed by atoms with Crippen LogP contribution in [0.4, 0.5) is 5.13 Å². The molecule has 4 rings (SSSR count). The van der Waals surface area contributed by atoms with Crippen molar-refractivity contribution in [3.8, 4) is 0 Å². The number of rotatable bonds is 5. The summed E-state index contributed by atoms with van der Waals surface area (Å²) < 4.78 is 1.69. The minimum Gasteiger partial charge on any atom is -0.299 e. The molecule has 0 bridgehead atoms. The van der Waals surface area contributed by atoms with Crippen molar-refractivity contribution in [2.45, 2.75) is 57.4 Å². The Hall–Kier alpha value is -2.35. The van der Waals surface area contributed by atoms with Crippen molar-refractivity contribution < 1.29 is 4.79 Å². The molecule has 1 saturated carbocycles. The highest BCUT2D eigenvalue weighted by atomic mass is 32.1. The highest BCUT2D eigenvalue weighted by molar-refractivity contribution is 7.15. The number of anilines is 1. The summed E-state index contributed by atoms with van der Waals surface area (Å²) in [5.41, 5.74) is 1.64. The topological polar surface area (TPSA) is 85.6 Å². The molecule has 0 radical (unpaired) electrons. The Bertz CT molecular complexity index is 898. The van der Waals surface area contributed by atoms with Crippen molar-refractivity contribution in [3.05, 3.63) is 29.3 Å². The van der Waals surface area contributed by atoms with E-state index in [0.717, 1.165) is 16.0 Å². The first kappa shape index (κ1) is 17.1. The second-order valence-electron chi connectivity index (χ2n) is 6.72. The summed E-state index contributed by atoms with van der Waals surface area (Å²) in [5.74, 6) is 0.364. The van der Waals surface area contributed by atoms with Crippen LogP contribution in [0.15, 0.2) is 24.3 Å². The lowest BCUT2D eigenvalue weighted by Crippen LogP contribution is -2.26. The summed E-state index contributed by atoms with van der Waals surface area (Å²) in [7, 11) is 0. The van der Waals surface area contributed by atoms with Crippen LogP contribution in [-0.4, -0.2) is 31.1 Å². The van der Waals surface area contributed by atoms with Crippen LogP contribution in [0.5, 0.6) is 0 Å². The maximum absolute atomic E-state index is 12.8. The smallest absolute Gasteiger partial charge is 0.251 e. The monoisotopic (exact) mass is 370 g/mol. The summed E-state index contributed by atoms with van der Waals surface area (Å²) in [6.07, 6.45) is 6.78. The van der Waals surface area contributed by atoms with Gasteiger partial charge in [0.15, 0.2) is 0 Å². The Morgan fingerprint density at radius 2 is 2.04 bits per heavy atom. The standard InChI is InChI=1S/C18H22N6OS/c1-2-14(24-15-11-7-6-10-13(15)20-23-24)16(25)19-18-22-21-17(26-18)12-8-4-3-5-9-12/h6-7,10-12,14H,2-5,8-9H2,1H3,(H,19,22,25). The minimum absolute atomic E-state index is 0.130. The van der Waals surface area contributed by atoms with E-state index in [-0.39, 0.29) is 5.91 Å². The molecule has 2 heterocycles. The van der Waals surface area contributed by atoms with Gasteiger partial charge in [0.05, 0.1) is 5.52 Å². The summed E-state index contributed by atoms with van der Waals surface area (Å²) in [6.45, 7) is 1.97. The van der Waals surface area contributed by atoms with Crippen LogP contribution in [-0.2, 0) is 4.79 Å². The quantitative estimate of drug-likeness (QED) is 0.736. The van der Waals surface area contributed by atoms with Crippen LogP contribution in [0, 0.1) is 0 Å². The van der Waals surface area contributed by atoms with Gasteiger partial charge < -0.3 is 0 Å². The second-order valence-corrected chi connectivity index (χ2v) is 7.73. The molecular formula is C18H22N6OS. The second kappa shape index (κ2) is 7.49. The van der Waals surface area contributed by atoms with E-state index in [2.05, 4.69) is 25.8 Å². The molecule has 3 aromatic rings. The minimum atomic E-state index is -0.426. The molecule has 0 saturated heterocycles. The van der Waals surface area contributed by atoms with Crippen LogP contribution >= 0.6 is 11.3 Å². The van der Waals surface area contributed by atoms with E-state index in [1.165, 1.54) is 43.4 Å². The fourth-order valence-corrected chi connectivity index (χ4v) is 4.49. The van der Waals surface area contributed by atoms with Crippen molar-refractivity contribution in [1.82, 2.24) is 25.2 Å². The third-order valence-corrected chi connectivity index (χ3v) is 5.99. The average molecular weight is 370 g/mol. The van der Waals surface area contributed by atoms with Crippen LogP contribution in [0.1, 0.15) is 62.4 Å². The zero-order valence-electron chi connectivity index (χ0n) is 14.8. The van der Waals surface area contributed by atoms with Crippen molar-refractivity contribution >= 4 is 33.4 Å². The molecule has 7 nitrogen and oxygen atoms in total. The van der Waals surface area contributed by atoms with E-state index < -0.39 is 6.04 Å². The number of amides is 1. The van der Waals surface area contributed by atoms with Gasteiger partial charge in [-0.15, -0.1) is 15.3 Å². The lowest BCUT2D eigenvalue weighted by molar-refractivity contribution is -0.119. The van der Waals surface area contributed by atoms with E-state index in [0.29, 0.717) is 17.5 Å². The molecule has 1 aliphatic rings. The highest BCUT2D eigenvalue weighted by Gasteiger charge is 2.24. The fraction of sp³-hybridized carbons (Fsp3) is 0.500. The van der Waals surface area contributed by atoms with Crippen LogP contribution in [0.3, 0.4) is 0 Å². The van der Waals surface area contributed by atoms with Gasteiger partial charge in [-0.05, 0) is 31.4 Å². The van der Waals surface area contributed by atoms with Crippen LogP contribution < -0.4 is 5.32 Å². The molecule has 2 aromatic heterocycles. The lowest BCUT2D eigenvalue weighted by atomic mass is 9.90. The highest BCUT2D eigenvalue weighted by Crippen LogP contribution is 2.35. The Morgan fingerprint density at radius 3 is 2.85 bits per heavy atom. The van der Waals surface area contributed by atoms with Crippen molar-refractivity contribution in [2.24, 2.45) is 0 Å². The Morgan fingerprint density at radius 1 is 1.23 bits per heavy atom. The van der Waals surface area contributed by atoms with Gasteiger partial charge >= 0.3 is 0 Å². The predicted molar refractivity (Wildman–Crippen MR) is 101 cm³/mol. The molecule has 0 spiro atoms. The first-order valence-corrected chi connectivity index (χ1v) is 10.0. The normalized spacial score (nSPS) is 16.7. The maximum atomic E-state index is 12.8. The fourth-order valence-electron chi connectivity index (χ4n) is 3.57. The molecule has 1 fully saturated rings. The van der Waals surface area contributed by atoms with E-state index in [1.807, 2.05) is 31.2 Å². The number of carbonyl (C=O) groups excluding carboxylic acids is 1. The number of carbonyl (C=O) groups is 1. The molecule has 26 heavy (non-hydrogen) atoms. The first-order chi connectivity index (χ1) is 12.8. The van der Waals surface area contributed by atoms with Crippen molar-refractivity contribution in [1.29, 1.82) is 0 Å². The number of fused-ring (bicyclic) bond motifs is 1. The molecule has 0 aliphatic heterocycles. The van der Waals surface area contributed by atoms with E-state index in [1.54, 1.807) is 4.68 Å². The van der Waals surface area contributed by atoms with Gasteiger partial charge in [0.25, 0.3) is 5.91 Å². The summed E-state index contributed by atoms with van der Waals surface area (Å²) in [4.78, 5) is 12.8. The number of benzene rings is 1. The van der Waals surface area contributed by atoms with Gasteiger partial charge in [0, 0.05) is 5.92 Å². The molecule has 8 heteroatoms. The summed E-state index contributed by atoms with van der Waals surface area (Å²) in [5, 5.41) is 21.4. The van der Waals surface area contributed by atoms with E-state index >= 15 is 0 Å². The SMILES string of the molecule is CCC(C(=O)Nc1nnc(C2CCCCC2)s1)n1nnc2ccccc21. The summed E-state index contributed by atoms with van der Waals surface area (Å²) >= 11 is 1.50. The third kappa shape index (κ3) is 3.33. The molecule has 136 valence electrons. The van der Waals surface area contributed by atoms with Crippen molar-refractivity contribution in [3.63, 3.8) is 0 Å². The first-order valence-electron chi connectivity index (χ1n) is 9.20. The van der Waals surface area contributed by atoms with Crippen LogP contribution in [0.25, 0.3) is 11.0 Å². The van der Waals surface area contributed by atoms with E-state index in [4.69, 9.17) is 0 Å². The molecule has 1 atom stereocenters. The molecule has 1 aromatic carbocycles. The molecule has 1 aliphatic carbocycles.